The van der Waals surface area contributed by atoms with Gasteiger partial charge in [-0.1, -0.05) is 13.8 Å². The SMILES string of the molecule is CC12CC3CC(C)(C1)CC(Nc1ncc(Br)cn1)(C3)C2. The van der Waals surface area contributed by atoms with Crippen LogP contribution >= 0.6 is 15.9 Å². The second kappa shape index (κ2) is 3.96. The Morgan fingerprint density at radius 3 is 2.20 bits per heavy atom. The summed E-state index contributed by atoms with van der Waals surface area (Å²) >= 11 is 3.40. The first-order chi connectivity index (χ1) is 9.38. The quantitative estimate of drug-likeness (QED) is 0.870. The van der Waals surface area contributed by atoms with Crippen molar-refractivity contribution in [2.24, 2.45) is 16.7 Å². The van der Waals surface area contributed by atoms with Crippen LogP contribution in [0.25, 0.3) is 0 Å². The maximum absolute atomic E-state index is 4.43. The van der Waals surface area contributed by atoms with E-state index in [1.807, 2.05) is 12.4 Å². The third-order valence-electron chi connectivity index (χ3n) is 5.62. The minimum Gasteiger partial charge on any atom is -0.349 e. The highest BCUT2D eigenvalue weighted by atomic mass is 79.9. The molecule has 0 radical (unpaired) electrons. The van der Waals surface area contributed by atoms with Gasteiger partial charge < -0.3 is 5.32 Å². The van der Waals surface area contributed by atoms with Gasteiger partial charge in [-0.3, -0.25) is 0 Å². The Bertz CT molecular complexity index is 523. The molecule has 0 saturated heterocycles. The second-order valence-corrected chi connectivity index (χ2v) is 9.18. The topological polar surface area (TPSA) is 37.8 Å². The Morgan fingerprint density at radius 1 is 1.05 bits per heavy atom. The lowest BCUT2D eigenvalue weighted by molar-refractivity contribution is -0.0975. The monoisotopic (exact) mass is 335 g/mol. The van der Waals surface area contributed by atoms with Crippen molar-refractivity contribution < 1.29 is 0 Å². The Hall–Kier alpha value is -0.640. The number of nitrogens with one attached hydrogen (secondary N) is 1. The molecule has 3 nitrogen and oxygen atoms in total. The minimum absolute atomic E-state index is 0.233. The van der Waals surface area contributed by atoms with Crippen molar-refractivity contribution in [2.75, 3.05) is 5.32 Å². The Kier molecular flexibility index (Phi) is 2.59. The number of anilines is 1. The van der Waals surface area contributed by atoms with Crippen molar-refractivity contribution in [1.82, 2.24) is 9.97 Å². The number of hydrogen-bond donors (Lipinski definition) is 1. The molecule has 4 bridgehead atoms. The van der Waals surface area contributed by atoms with Crippen LogP contribution < -0.4 is 5.32 Å². The molecule has 1 heterocycles. The summed E-state index contributed by atoms with van der Waals surface area (Å²) in [7, 11) is 0. The molecule has 5 rings (SSSR count). The van der Waals surface area contributed by atoms with Gasteiger partial charge in [-0.05, 0) is 71.2 Å². The van der Waals surface area contributed by atoms with E-state index < -0.39 is 0 Å². The van der Waals surface area contributed by atoms with Gasteiger partial charge in [0.1, 0.15) is 0 Å². The van der Waals surface area contributed by atoms with Crippen molar-refractivity contribution >= 4 is 21.9 Å². The van der Waals surface area contributed by atoms with E-state index in [9.17, 15) is 0 Å². The molecule has 4 aliphatic rings. The average molecular weight is 336 g/mol. The predicted octanol–water partition coefficient (Wildman–Crippen LogP) is 4.40. The molecule has 2 atom stereocenters. The van der Waals surface area contributed by atoms with Gasteiger partial charge >= 0.3 is 0 Å². The first-order valence-corrected chi connectivity index (χ1v) is 8.43. The first-order valence-electron chi connectivity index (χ1n) is 7.64. The third-order valence-corrected chi connectivity index (χ3v) is 6.03. The maximum atomic E-state index is 4.43. The summed E-state index contributed by atoms with van der Waals surface area (Å²) in [5.41, 5.74) is 1.28. The van der Waals surface area contributed by atoms with Gasteiger partial charge in [0, 0.05) is 17.9 Å². The van der Waals surface area contributed by atoms with Crippen LogP contribution in [-0.2, 0) is 0 Å². The molecule has 108 valence electrons. The summed E-state index contributed by atoms with van der Waals surface area (Å²) in [6.45, 7) is 4.99. The van der Waals surface area contributed by atoms with Gasteiger partial charge in [0.05, 0.1) is 4.47 Å². The lowest BCUT2D eigenvalue weighted by Gasteiger charge is -2.65. The summed E-state index contributed by atoms with van der Waals surface area (Å²) in [5, 5.41) is 3.72. The van der Waals surface area contributed by atoms with E-state index in [2.05, 4.69) is 45.1 Å². The Labute approximate surface area is 129 Å². The van der Waals surface area contributed by atoms with Gasteiger partial charge in [-0.25, -0.2) is 9.97 Å². The largest absolute Gasteiger partial charge is 0.349 e. The molecule has 0 spiro atoms. The van der Waals surface area contributed by atoms with Crippen molar-refractivity contribution in [1.29, 1.82) is 0 Å². The van der Waals surface area contributed by atoms with Crippen LogP contribution in [0.15, 0.2) is 16.9 Å². The number of aromatic nitrogens is 2. The van der Waals surface area contributed by atoms with Crippen molar-refractivity contribution in [3.63, 3.8) is 0 Å². The van der Waals surface area contributed by atoms with Crippen molar-refractivity contribution in [3.8, 4) is 0 Å². The van der Waals surface area contributed by atoms with Crippen molar-refractivity contribution in [3.05, 3.63) is 16.9 Å². The first kappa shape index (κ1) is 13.1. The number of halogens is 1. The zero-order chi connectivity index (χ0) is 14.0. The van der Waals surface area contributed by atoms with Crippen LogP contribution in [0.5, 0.6) is 0 Å². The highest BCUT2D eigenvalue weighted by Gasteiger charge is 2.60. The summed E-state index contributed by atoms with van der Waals surface area (Å²) < 4.78 is 0.937. The summed E-state index contributed by atoms with van der Waals surface area (Å²) in [6.07, 6.45) is 11.8. The van der Waals surface area contributed by atoms with E-state index >= 15 is 0 Å². The number of hydrogen-bond acceptors (Lipinski definition) is 3. The maximum Gasteiger partial charge on any atom is 0.223 e. The van der Waals surface area contributed by atoms with Crippen LogP contribution in [0.1, 0.15) is 52.4 Å². The molecular formula is C16H22BrN3. The average Bonchev–Trinajstić information content (AvgIpc) is 2.27. The lowest BCUT2D eigenvalue weighted by Crippen LogP contribution is -2.61. The Morgan fingerprint density at radius 2 is 1.65 bits per heavy atom. The highest BCUT2D eigenvalue weighted by Crippen LogP contribution is 2.66. The van der Waals surface area contributed by atoms with E-state index in [-0.39, 0.29) is 5.54 Å². The number of rotatable bonds is 2. The minimum atomic E-state index is 0.233. The molecule has 4 aliphatic carbocycles. The predicted molar refractivity (Wildman–Crippen MR) is 83.5 cm³/mol. The van der Waals surface area contributed by atoms with Crippen LogP contribution in [-0.4, -0.2) is 15.5 Å². The molecule has 0 amide bonds. The van der Waals surface area contributed by atoms with E-state index in [4.69, 9.17) is 0 Å². The van der Waals surface area contributed by atoms with Crippen LogP contribution in [0.3, 0.4) is 0 Å². The fraction of sp³-hybridized carbons (Fsp3) is 0.750. The van der Waals surface area contributed by atoms with Crippen LogP contribution in [0.2, 0.25) is 0 Å². The third kappa shape index (κ3) is 2.07. The molecule has 1 aromatic heterocycles. The normalized spacial score (nSPS) is 45.6. The van der Waals surface area contributed by atoms with E-state index in [0.717, 1.165) is 16.3 Å². The second-order valence-electron chi connectivity index (χ2n) is 8.26. The molecule has 1 aromatic rings. The summed E-state index contributed by atoms with van der Waals surface area (Å²) in [6, 6.07) is 0. The Balaban J connectivity index is 1.65. The van der Waals surface area contributed by atoms with Crippen molar-refractivity contribution in [2.45, 2.75) is 57.9 Å². The smallest absolute Gasteiger partial charge is 0.223 e. The van der Waals surface area contributed by atoms with Gasteiger partial charge in [-0.15, -0.1) is 0 Å². The molecule has 4 saturated carbocycles. The van der Waals surface area contributed by atoms with E-state index in [1.165, 1.54) is 38.5 Å². The van der Waals surface area contributed by atoms with E-state index in [0.29, 0.717) is 10.8 Å². The standard InChI is InChI=1S/C16H22BrN3/c1-14-3-11-4-15(2,8-14)10-16(5-11,9-14)20-13-18-6-12(17)7-19-13/h6-7,11H,3-5,8-10H2,1-2H3,(H,18,19,20). The van der Waals surface area contributed by atoms with Crippen LogP contribution in [0.4, 0.5) is 5.95 Å². The molecule has 0 aromatic carbocycles. The zero-order valence-corrected chi connectivity index (χ0v) is 13.8. The van der Waals surface area contributed by atoms with Gasteiger partial charge in [0.15, 0.2) is 0 Å². The molecule has 2 unspecified atom stereocenters. The highest BCUT2D eigenvalue weighted by molar-refractivity contribution is 9.10. The van der Waals surface area contributed by atoms with Crippen LogP contribution in [0, 0.1) is 16.7 Å². The van der Waals surface area contributed by atoms with Gasteiger partial charge in [-0.2, -0.15) is 0 Å². The van der Waals surface area contributed by atoms with Gasteiger partial charge in [0.2, 0.25) is 5.95 Å². The lowest BCUT2D eigenvalue weighted by atomic mass is 9.43. The zero-order valence-electron chi connectivity index (χ0n) is 12.2. The summed E-state index contributed by atoms with van der Waals surface area (Å²) in [4.78, 5) is 8.86. The summed E-state index contributed by atoms with van der Waals surface area (Å²) in [5.74, 6) is 1.69. The molecule has 0 aliphatic heterocycles. The molecule has 20 heavy (non-hydrogen) atoms. The molecule has 4 heteroatoms. The molecule has 4 fully saturated rings. The van der Waals surface area contributed by atoms with E-state index in [1.54, 1.807) is 0 Å². The molecular weight excluding hydrogens is 314 g/mol. The van der Waals surface area contributed by atoms with Gasteiger partial charge in [0.25, 0.3) is 0 Å². The molecule has 1 N–H and O–H groups in total. The fourth-order valence-corrected chi connectivity index (χ4v) is 6.41. The fourth-order valence-electron chi connectivity index (χ4n) is 6.20. The number of nitrogens with zero attached hydrogens (tertiary/aromatic N) is 2.